The third-order valence-electron chi connectivity index (χ3n) is 11.6. The lowest BCUT2D eigenvalue weighted by atomic mass is 10.0. The summed E-state index contributed by atoms with van der Waals surface area (Å²) in [6.45, 7) is 6.34. The van der Waals surface area contributed by atoms with Crippen molar-refractivity contribution in [3.05, 3.63) is 60.8 Å². The highest BCUT2D eigenvalue weighted by Gasteiger charge is 2.24. The van der Waals surface area contributed by atoms with Gasteiger partial charge in [-0.2, -0.15) is 0 Å². The lowest BCUT2D eigenvalue weighted by Gasteiger charge is -2.24. The zero-order valence-electron chi connectivity index (χ0n) is 40.3. The van der Waals surface area contributed by atoms with E-state index in [0.29, 0.717) is 19.3 Å². The van der Waals surface area contributed by atoms with Gasteiger partial charge in [0.05, 0.1) is 25.2 Å². The molecule has 0 aromatic heterocycles. The predicted octanol–water partition coefficient (Wildman–Crippen LogP) is 15.6. The fraction of sp³-hybridized carbons (Fsp3) is 0.782. The Morgan fingerprint density at radius 2 is 0.885 bits per heavy atom. The van der Waals surface area contributed by atoms with Crippen LogP contribution in [-0.4, -0.2) is 46.9 Å². The molecule has 6 heteroatoms. The quantitative estimate of drug-likeness (QED) is 0.0322. The van der Waals surface area contributed by atoms with Crippen LogP contribution >= 0.6 is 0 Å². The standard InChI is InChI=1S/C55H99NO5/c1-4-7-10-13-16-19-22-24-26-28-30-33-36-39-42-45-48-55(60)61-51(46-43-40-37-34-32-29-27-25-23-20-17-14-11-8-5-2)49-54(59)56-52(50-57)53(58)47-44-41-38-35-31-21-18-15-12-9-6-3/h7,10,16-17,19-20,24-27,51-53,57-58H,4-6,8-9,11-15,18,21-23,28-50H2,1-3H3,(H,56,59)/b10-7+,19-16+,20-17-,26-24+,27-25-. The van der Waals surface area contributed by atoms with Crippen molar-refractivity contribution in [2.45, 2.75) is 270 Å². The van der Waals surface area contributed by atoms with Gasteiger partial charge in [-0.05, 0) is 89.9 Å². The third kappa shape index (κ3) is 44.0. The Labute approximate surface area is 378 Å². The van der Waals surface area contributed by atoms with Gasteiger partial charge in [0.15, 0.2) is 0 Å². The van der Waals surface area contributed by atoms with E-state index in [4.69, 9.17) is 4.74 Å². The highest BCUT2D eigenvalue weighted by Crippen LogP contribution is 2.17. The molecule has 1 amide bonds. The number of hydrogen-bond donors (Lipinski definition) is 3. The molecule has 0 spiro atoms. The summed E-state index contributed by atoms with van der Waals surface area (Å²) in [4.78, 5) is 26.2. The van der Waals surface area contributed by atoms with Crippen LogP contribution in [-0.2, 0) is 14.3 Å². The molecule has 0 rings (SSSR count). The predicted molar refractivity (Wildman–Crippen MR) is 264 cm³/mol. The van der Waals surface area contributed by atoms with Gasteiger partial charge in [0.25, 0.3) is 0 Å². The summed E-state index contributed by atoms with van der Waals surface area (Å²) in [7, 11) is 0. The van der Waals surface area contributed by atoms with Crippen molar-refractivity contribution in [3.8, 4) is 0 Å². The maximum Gasteiger partial charge on any atom is 0.306 e. The van der Waals surface area contributed by atoms with E-state index in [0.717, 1.165) is 96.3 Å². The minimum Gasteiger partial charge on any atom is -0.462 e. The Balaban J connectivity index is 4.63. The minimum absolute atomic E-state index is 0.0618. The first-order valence-corrected chi connectivity index (χ1v) is 26.0. The molecule has 0 saturated heterocycles. The molecule has 61 heavy (non-hydrogen) atoms. The Bertz CT molecular complexity index is 1090. The third-order valence-corrected chi connectivity index (χ3v) is 11.6. The second kappa shape index (κ2) is 48.6. The summed E-state index contributed by atoms with van der Waals surface area (Å²) in [5.41, 5.74) is 0. The molecular formula is C55H99NO5. The summed E-state index contributed by atoms with van der Waals surface area (Å²) >= 11 is 0. The maximum atomic E-state index is 13.2. The number of unbranched alkanes of at least 4 members (excludes halogenated alkanes) is 24. The van der Waals surface area contributed by atoms with Crippen LogP contribution in [0.5, 0.6) is 0 Å². The Hall–Kier alpha value is -2.44. The Kier molecular flexibility index (Phi) is 46.6. The van der Waals surface area contributed by atoms with Crippen LogP contribution in [0.25, 0.3) is 0 Å². The Morgan fingerprint density at radius 1 is 0.492 bits per heavy atom. The van der Waals surface area contributed by atoms with Gasteiger partial charge in [-0.15, -0.1) is 0 Å². The topological polar surface area (TPSA) is 95.9 Å². The van der Waals surface area contributed by atoms with Gasteiger partial charge in [-0.1, -0.05) is 210 Å². The van der Waals surface area contributed by atoms with Crippen LogP contribution in [0.1, 0.15) is 252 Å². The average Bonchev–Trinajstić information content (AvgIpc) is 3.25. The molecule has 0 aromatic rings. The average molecular weight is 854 g/mol. The van der Waals surface area contributed by atoms with Gasteiger partial charge in [0.1, 0.15) is 6.10 Å². The lowest BCUT2D eigenvalue weighted by Crippen LogP contribution is -2.46. The number of esters is 1. The second-order valence-corrected chi connectivity index (χ2v) is 17.5. The monoisotopic (exact) mass is 854 g/mol. The number of carbonyl (C=O) groups excluding carboxylic acids is 2. The molecule has 0 bridgehead atoms. The highest BCUT2D eigenvalue weighted by atomic mass is 16.5. The van der Waals surface area contributed by atoms with E-state index < -0.39 is 18.2 Å². The number of aliphatic hydroxyl groups excluding tert-OH is 2. The summed E-state index contributed by atoms with van der Waals surface area (Å²) < 4.78 is 5.93. The number of aliphatic hydroxyl groups is 2. The molecular weight excluding hydrogens is 755 g/mol. The van der Waals surface area contributed by atoms with Gasteiger partial charge < -0.3 is 20.3 Å². The molecule has 3 unspecified atom stereocenters. The summed E-state index contributed by atoms with van der Waals surface area (Å²) in [5.74, 6) is -0.500. The van der Waals surface area contributed by atoms with Gasteiger partial charge in [-0.3, -0.25) is 9.59 Å². The van der Waals surface area contributed by atoms with Crippen molar-refractivity contribution < 1.29 is 24.5 Å². The summed E-state index contributed by atoms with van der Waals surface area (Å²) in [6.07, 6.45) is 59.9. The SMILES string of the molecule is CC/C=C/C/C=C/C/C=C/CCCCCCCCC(=O)OC(CCCCCCC/C=C\C/C=C\CCCCC)CC(=O)NC(CO)C(O)CCCCCCCCCCCCC. The molecule has 0 fully saturated rings. The van der Waals surface area contributed by atoms with Crippen LogP contribution in [0.15, 0.2) is 60.8 Å². The molecule has 0 radical (unpaired) electrons. The normalized spacial score (nSPS) is 13.7. The van der Waals surface area contributed by atoms with Crippen molar-refractivity contribution in [1.82, 2.24) is 5.32 Å². The van der Waals surface area contributed by atoms with Crippen LogP contribution in [0.3, 0.4) is 0 Å². The van der Waals surface area contributed by atoms with Gasteiger partial charge in [0, 0.05) is 6.42 Å². The van der Waals surface area contributed by atoms with Crippen LogP contribution in [0.4, 0.5) is 0 Å². The van der Waals surface area contributed by atoms with Crippen molar-refractivity contribution in [3.63, 3.8) is 0 Å². The van der Waals surface area contributed by atoms with E-state index >= 15 is 0 Å². The molecule has 0 saturated carbocycles. The van der Waals surface area contributed by atoms with Gasteiger partial charge >= 0.3 is 5.97 Å². The summed E-state index contributed by atoms with van der Waals surface area (Å²) in [5, 5.41) is 23.7. The molecule has 354 valence electrons. The van der Waals surface area contributed by atoms with Crippen molar-refractivity contribution in [1.29, 1.82) is 0 Å². The van der Waals surface area contributed by atoms with E-state index in [1.807, 2.05) is 0 Å². The molecule has 0 heterocycles. The molecule has 3 atom stereocenters. The first kappa shape index (κ1) is 58.6. The van der Waals surface area contributed by atoms with Crippen molar-refractivity contribution >= 4 is 11.9 Å². The van der Waals surface area contributed by atoms with Gasteiger partial charge in [0.2, 0.25) is 5.91 Å². The van der Waals surface area contributed by atoms with E-state index in [1.165, 1.54) is 109 Å². The molecule has 0 aromatic carbocycles. The summed E-state index contributed by atoms with van der Waals surface area (Å²) in [6, 6.07) is -0.709. The number of ether oxygens (including phenoxy) is 1. The largest absolute Gasteiger partial charge is 0.462 e. The van der Waals surface area contributed by atoms with E-state index in [2.05, 4.69) is 86.8 Å². The molecule has 0 aliphatic carbocycles. The van der Waals surface area contributed by atoms with E-state index in [-0.39, 0.29) is 24.9 Å². The van der Waals surface area contributed by atoms with E-state index in [1.54, 1.807) is 0 Å². The zero-order chi connectivity index (χ0) is 44.5. The van der Waals surface area contributed by atoms with Crippen LogP contribution in [0, 0.1) is 0 Å². The number of amides is 1. The fourth-order valence-electron chi connectivity index (χ4n) is 7.65. The minimum atomic E-state index is -0.794. The van der Waals surface area contributed by atoms with Crippen molar-refractivity contribution in [2.75, 3.05) is 6.61 Å². The lowest BCUT2D eigenvalue weighted by molar-refractivity contribution is -0.151. The Morgan fingerprint density at radius 3 is 1.38 bits per heavy atom. The number of rotatable bonds is 46. The second-order valence-electron chi connectivity index (χ2n) is 17.5. The van der Waals surface area contributed by atoms with E-state index in [9.17, 15) is 19.8 Å². The van der Waals surface area contributed by atoms with Crippen LogP contribution in [0.2, 0.25) is 0 Å². The molecule has 6 nitrogen and oxygen atoms in total. The molecule has 0 aliphatic heterocycles. The first-order valence-electron chi connectivity index (χ1n) is 26.0. The van der Waals surface area contributed by atoms with Crippen LogP contribution < -0.4 is 5.32 Å². The molecule has 3 N–H and O–H groups in total. The zero-order valence-corrected chi connectivity index (χ0v) is 40.3. The molecule has 0 aliphatic rings. The number of allylic oxidation sites excluding steroid dienone is 10. The van der Waals surface area contributed by atoms with Crippen molar-refractivity contribution in [2.24, 2.45) is 0 Å². The number of nitrogens with one attached hydrogen (secondary N) is 1. The smallest absolute Gasteiger partial charge is 0.306 e. The number of carbonyl (C=O) groups is 2. The fourth-order valence-corrected chi connectivity index (χ4v) is 7.65. The highest BCUT2D eigenvalue weighted by molar-refractivity contribution is 5.77. The number of hydrogen-bond acceptors (Lipinski definition) is 5. The first-order chi connectivity index (χ1) is 30.0. The van der Waals surface area contributed by atoms with Gasteiger partial charge in [-0.25, -0.2) is 0 Å². The maximum absolute atomic E-state index is 13.2.